The molecule has 1 aromatic heterocycles. The molecule has 0 spiro atoms. The fourth-order valence-electron chi connectivity index (χ4n) is 1.43. The summed E-state index contributed by atoms with van der Waals surface area (Å²) >= 11 is 0. The third-order valence-corrected chi connectivity index (χ3v) is 2.36. The summed E-state index contributed by atoms with van der Waals surface area (Å²) < 4.78 is 23.7. The summed E-state index contributed by atoms with van der Waals surface area (Å²) in [5.74, 6) is 0.324. The van der Waals surface area contributed by atoms with Crippen molar-refractivity contribution >= 4 is 0 Å². The normalized spacial score (nSPS) is 12.4. The van der Waals surface area contributed by atoms with Gasteiger partial charge in [0.25, 0.3) is 5.89 Å². The highest BCUT2D eigenvalue weighted by Crippen LogP contribution is 2.22. The van der Waals surface area contributed by atoms with Crippen LogP contribution in [-0.4, -0.2) is 15.2 Å². The minimum atomic E-state index is -0.716. The van der Waals surface area contributed by atoms with Gasteiger partial charge in [-0.3, -0.25) is 0 Å². The Morgan fingerprint density at radius 1 is 1.50 bits per heavy atom. The highest BCUT2D eigenvalue weighted by Gasteiger charge is 2.10. The van der Waals surface area contributed by atoms with Crippen LogP contribution in [0.2, 0.25) is 0 Å². The molecule has 5 nitrogen and oxygen atoms in total. The number of aliphatic hydroxyl groups is 1. The smallest absolute Gasteiger partial charge is 0.264 e. The number of nitrogens with zero attached hydrogens (tertiary/aromatic N) is 2. The van der Waals surface area contributed by atoms with Gasteiger partial charge in [-0.25, -0.2) is 4.39 Å². The van der Waals surface area contributed by atoms with E-state index in [1.807, 2.05) is 0 Å². The van der Waals surface area contributed by atoms with E-state index >= 15 is 0 Å². The Hall–Kier alpha value is -1.95. The van der Waals surface area contributed by atoms with Gasteiger partial charge in [0, 0.05) is 0 Å². The molecule has 0 amide bonds. The Labute approximate surface area is 103 Å². The van der Waals surface area contributed by atoms with Gasteiger partial charge in [-0.05, 0) is 31.5 Å². The first-order chi connectivity index (χ1) is 8.56. The van der Waals surface area contributed by atoms with Gasteiger partial charge in [-0.15, -0.1) is 0 Å². The summed E-state index contributed by atoms with van der Waals surface area (Å²) in [6.07, 6.45) is -0.716. The van der Waals surface area contributed by atoms with Crippen molar-refractivity contribution in [2.24, 2.45) is 0 Å². The molecule has 0 bridgehead atoms. The quantitative estimate of drug-likeness (QED) is 0.902. The molecule has 2 rings (SSSR count). The molecular weight excluding hydrogens is 239 g/mol. The van der Waals surface area contributed by atoms with Crippen LogP contribution in [0.1, 0.15) is 30.3 Å². The van der Waals surface area contributed by atoms with Gasteiger partial charge >= 0.3 is 0 Å². The molecule has 0 aliphatic heterocycles. The third kappa shape index (κ3) is 2.84. The summed E-state index contributed by atoms with van der Waals surface area (Å²) in [6, 6.07) is 4.29. The predicted octanol–water partition coefficient (Wildman–Crippen LogP) is 2.15. The van der Waals surface area contributed by atoms with Crippen molar-refractivity contribution in [1.82, 2.24) is 10.1 Å². The topological polar surface area (TPSA) is 68.4 Å². The summed E-state index contributed by atoms with van der Waals surface area (Å²) in [4.78, 5) is 3.94. The maximum absolute atomic E-state index is 13.6. The number of aromatic nitrogens is 2. The second kappa shape index (κ2) is 5.14. The molecule has 6 heteroatoms. The predicted molar refractivity (Wildman–Crippen MR) is 60.4 cm³/mol. The number of rotatable bonds is 4. The first kappa shape index (κ1) is 12.5. The molecule has 0 fully saturated rings. The van der Waals surface area contributed by atoms with Crippen molar-refractivity contribution < 1.29 is 18.8 Å². The molecule has 1 aromatic carbocycles. The summed E-state index contributed by atoms with van der Waals surface area (Å²) in [6.45, 7) is 3.26. The van der Waals surface area contributed by atoms with Crippen LogP contribution in [0.4, 0.5) is 4.39 Å². The van der Waals surface area contributed by atoms with Crippen LogP contribution in [0.3, 0.4) is 0 Å². The molecule has 96 valence electrons. The van der Waals surface area contributed by atoms with E-state index in [0.29, 0.717) is 11.4 Å². The van der Waals surface area contributed by atoms with Crippen molar-refractivity contribution in [3.05, 3.63) is 41.3 Å². The average Bonchev–Trinajstić information content (AvgIpc) is 2.73. The van der Waals surface area contributed by atoms with E-state index in [4.69, 9.17) is 9.26 Å². The molecule has 0 saturated carbocycles. The van der Waals surface area contributed by atoms with E-state index in [-0.39, 0.29) is 18.2 Å². The SMILES string of the molecule is Cc1noc(COc2ccc(C(C)O)cc2F)n1. The Balaban J connectivity index is 2.05. The zero-order valence-corrected chi connectivity index (χ0v) is 10.1. The van der Waals surface area contributed by atoms with Crippen LogP contribution in [-0.2, 0) is 6.61 Å². The van der Waals surface area contributed by atoms with E-state index in [0.717, 1.165) is 0 Å². The number of ether oxygens (including phenoxy) is 1. The molecule has 1 N–H and O–H groups in total. The van der Waals surface area contributed by atoms with Crippen LogP contribution in [0.15, 0.2) is 22.7 Å². The van der Waals surface area contributed by atoms with Crippen molar-refractivity contribution in [2.75, 3.05) is 0 Å². The van der Waals surface area contributed by atoms with Crippen molar-refractivity contribution in [3.63, 3.8) is 0 Å². The van der Waals surface area contributed by atoms with Crippen molar-refractivity contribution in [1.29, 1.82) is 0 Å². The molecule has 1 heterocycles. The lowest BCUT2D eigenvalue weighted by Gasteiger charge is -2.08. The van der Waals surface area contributed by atoms with E-state index in [1.165, 1.54) is 12.1 Å². The Kier molecular flexibility index (Phi) is 3.57. The van der Waals surface area contributed by atoms with Gasteiger partial charge in [0.1, 0.15) is 0 Å². The van der Waals surface area contributed by atoms with Crippen LogP contribution >= 0.6 is 0 Å². The first-order valence-corrected chi connectivity index (χ1v) is 5.46. The van der Waals surface area contributed by atoms with Gasteiger partial charge < -0.3 is 14.4 Å². The van der Waals surface area contributed by atoms with E-state index < -0.39 is 11.9 Å². The maximum Gasteiger partial charge on any atom is 0.264 e. The lowest BCUT2D eigenvalue weighted by molar-refractivity contribution is 0.198. The van der Waals surface area contributed by atoms with Crippen LogP contribution in [0.25, 0.3) is 0 Å². The summed E-state index contributed by atoms with van der Waals surface area (Å²) in [7, 11) is 0. The monoisotopic (exact) mass is 252 g/mol. The summed E-state index contributed by atoms with van der Waals surface area (Å²) in [5.41, 5.74) is 0.494. The largest absolute Gasteiger partial charge is 0.481 e. The molecule has 0 aliphatic carbocycles. The fraction of sp³-hybridized carbons (Fsp3) is 0.333. The minimum Gasteiger partial charge on any atom is -0.481 e. The van der Waals surface area contributed by atoms with Crippen molar-refractivity contribution in [3.8, 4) is 5.75 Å². The Morgan fingerprint density at radius 3 is 2.83 bits per heavy atom. The highest BCUT2D eigenvalue weighted by molar-refractivity contribution is 5.30. The van der Waals surface area contributed by atoms with E-state index in [1.54, 1.807) is 19.9 Å². The minimum absolute atomic E-state index is 0.00574. The number of halogens is 1. The second-order valence-electron chi connectivity index (χ2n) is 3.89. The van der Waals surface area contributed by atoms with E-state index in [9.17, 15) is 9.50 Å². The molecule has 0 aliphatic rings. The number of benzene rings is 1. The zero-order chi connectivity index (χ0) is 13.1. The lowest BCUT2D eigenvalue weighted by atomic mass is 10.1. The molecule has 1 unspecified atom stereocenters. The van der Waals surface area contributed by atoms with Gasteiger partial charge in [0.05, 0.1) is 6.10 Å². The fourth-order valence-corrected chi connectivity index (χ4v) is 1.43. The molecule has 0 radical (unpaired) electrons. The average molecular weight is 252 g/mol. The van der Waals surface area contributed by atoms with Crippen LogP contribution in [0.5, 0.6) is 5.75 Å². The van der Waals surface area contributed by atoms with Gasteiger partial charge in [-0.2, -0.15) is 4.98 Å². The molecule has 1 atom stereocenters. The number of hydrogen-bond donors (Lipinski definition) is 1. The molecule has 0 saturated heterocycles. The first-order valence-electron chi connectivity index (χ1n) is 5.46. The Morgan fingerprint density at radius 2 is 2.28 bits per heavy atom. The highest BCUT2D eigenvalue weighted by atomic mass is 19.1. The third-order valence-electron chi connectivity index (χ3n) is 2.36. The number of hydrogen-bond acceptors (Lipinski definition) is 5. The van der Waals surface area contributed by atoms with Gasteiger partial charge in [-0.1, -0.05) is 11.2 Å². The van der Waals surface area contributed by atoms with Gasteiger partial charge in [0.15, 0.2) is 24.0 Å². The molecular formula is C12H13FN2O3. The van der Waals surface area contributed by atoms with Crippen LogP contribution < -0.4 is 4.74 Å². The maximum atomic E-state index is 13.6. The molecule has 2 aromatic rings. The standard InChI is InChI=1S/C12H13FN2O3/c1-7(16)9-3-4-11(10(13)5-9)17-6-12-14-8(2)15-18-12/h3-5,7,16H,6H2,1-2H3. The summed E-state index contributed by atoms with van der Waals surface area (Å²) in [5, 5.41) is 12.9. The lowest BCUT2D eigenvalue weighted by Crippen LogP contribution is -1.99. The van der Waals surface area contributed by atoms with E-state index in [2.05, 4.69) is 10.1 Å². The zero-order valence-electron chi connectivity index (χ0n) is 10.1. The number of aryl methyl sites for hydroxylation is 1. The van der Waals surface area contributed by atoms with Gasteiger partial charge in [0.2, 0.25) is 0 Å². The second-order valence-corrected chi connectivity index (χ2v) is 3.89. The van der Waals surface area contributed by atoms with Crippen LogP contribution in [0, 0.1) is 12.7 Å². The Bertz CT molecular complexity index is 540. The number of aliphatic hydroxyl groups excluding tert-OH is 1. The van der Waals surface area contributed by atoms with Crippen molar-refractivity contribution in [2.45, 2.75) is 26.6 Å². The molecule has 18 heavy (non-hydrogen) atoms.